The van der Waals surface area contributed by atoms with Crippen molar-refractivity contribution in [1.82, 2.24) is 4.90 Å². The van der Waals surface area contributed by atoms with Crippen LogP contribution in [0, 0.1) is 0 Å². The molecule has 0 saturated heterocycles. The monoisotopic (exact) mass is 329 g/mol. The molecule has 0 N–H and O–H groups in total. The second-order valence-electron chi connectivity index (χ2n) is 3.61. The van der Waals surface area contributed by atoms with Crippen molar-refractivity contribution >= 4 is 27.5 Å². The van der Waals surface area contributed by atoms with E-state index < -0.39 is 12.7 Å². The summed E-state index contributed by atoms with van der Waals surface area (Å²) in [5.41, 5.74) is 0.708. The minimum Gasteiger partial charge on any atom is -0.290 e. The first kappa shape index (κ1) is 14.8. The van der Waals surface area contributed by atoms with Crippen LogP contribution in [0.25, 0.3) is 0 Å². The fraction of sp³-hybridized carbons (Fsp3) is 0.455. The quantitative estimate of drug-likeness (QED) is 0.735. The van der Waals surface area contributed by atoms with Crippen LogP contribution in [0.15, 0.2) is 24.3 Å². The van der Waals surface area contributed by atoms with Crippen molar-refractivity contribution in [1.29, 1.82) is 0 Å². The van der Waals surface area contributed by atoms with Gasteiger partial charge in [-0.15, -0.1) is 0 Å². The maximum absolute atomic E-state index is 12.3. The number of hydrogen-bond donors (Lipinski definition) is 0. The highest BCUT2D eigenvalue weighted by atomic mass is 79.9. The zero-order chi connectivity index (χ0) is 12.9. The van der Waals surface area contributed by atoms with Crippen LogP contribution in [0.5, 0.6) is 0 Å². The molecule has 0 atom stereocenters. The third kappa shape index (κ3) is 5.75. The van der Waals surface area contributed by atoms with Gasteiger partial charge in [-0.2, -0.15) is 13.2 Å². The Hall–Kier alpha value is -0.260. The molecular formula is C11H12BrClF3N. The SMILES string of the molecule is FC(F)(F)CN(CCBr)Cc1ccccc1Cl. The highest BCUT2D eigenvalue weighted by Crippen LogP contribution is 2.21. The molecule has 96 valence electrons. The summed E-state index contributed by atoms with van der Waals surface area (Å²) >= 11 is 9.07. The molecule has 0 amide bonds. The van der Waals surface area contributed by atoms with E-state index in [4.69, 9.17) is 11.6 Å². The Kier molecular flexibility index (Phi) is 5.76. The predicted octanol–water partition coefficient (Wildman–Crippen LogP) is 4.10. The summed E-state index contributed by atoms with van der Waals surface area (Å²) in [7, 11) is 0. The Balaban J connectivity index is 2.70. The first-order valence-corrected chi connectivity index (χ1v) is 6.51. The molecule has 17 heavy (non-hydrogen) atoms. The van der Waals surface area contributed by atoms with Gasteiger partial charge in [0.1, 0.15) is 0 Å². The van der Waals surface area contributed by atoms with Crippen LogP contribution < -0.4 is 0 Å². The number of halogens is 5. The molecule has 6 heteroatoms. The average molecular weight is 331 g/mol. The molecule has 0 aromatic heterocycles. The van der Waals surface area contributed by atoms with E-state index in [9.17, 15) is 13.2 Å². The number of nitrogens with zero attached hydrogens (tertiary/aromatic N) is 1. The van der Waals surface area contributed by atoms with Crippen LogP contribution in [0.3, 0.4) is 0 Å². The van der Waals surface area contributed by atoms with E-state index in [0.29, 0.717) is 22.5 Å². The number of rotatable bonds is 5. The van der Waals surface area contributed by atoms with Crippen LogP contribution in [0.1, 0.15) is 5.56 Å². The summed E-state index contributed by atoms with van der Waals surface area (Å²) in [6.45, 7) is -0.403. The third-order valence-electron chi connectivity index (χ3n) is 2.16. The third-order valence-corrected chi connectivity index (χ3v) is 2.88. The summed E-state index contributed by atoms with van der Waals surface area (Å²) in [5.74, 6) is 0. The highest BCUT2D eigenvalue weighted by Gasteiger charge is 2.30. The Bertz CT molecular complexity index is 357. The molecule has 0 fully saturated rings. The Morgan fingerprint density at radius 1 is 1.24 bits per heavy atom. The van der Waals surface area contributed by atoms with Crippen molar-refractivity contribution in [3.8, 4) is 0 Å². The minimum atomic E-state index is -4.19. The predicted molar refractivity (Wildman–Crippen MR) is 66.6 cm³/mol. The Morgan fingerprint density at radius 3 is 2.41 bits per heavy atom. The minimum absolute atomic E-state index is 0.199. The summed E-state index contributed by atoms with van der Waals surface area (Å²) in [6, 6.07) is 6.93. The van der Waals surface area contributed by atoms with E-state index in [-0.39, 0.29) is 6.54 Å². The lowest BCUT2D eigenvalue weighted by molar-refractivity contribution is -0.146. The van der Waals surface area contributed by atoms with E-state index in [1.165, 1.54) is 4.90 Å². The number of alkyl halides is 4. The maximum atomic E-state index is 12.3. The standard InChI is InChI=1S/C11H12BrClF3N/c12-5-6-17(8-11(14,15)16)7-9-3-1-2-4-10(9)13/h1-4H,5-8H2. The topological polar surface area (TPSA) is 3.24 Å². The van der Waals surface area contributed by atoms with Gasteiger partial charge in [-0.05, 0) is 11.6 Å². The van der Waals surface area contributed by atoms with Gasteiger partial charge in [0.05, 0.1) is 6.54 Å². The zero-order valence-corrected chi connectivity index (χ0v) is 11.3. The van der Waals surface area contributed by atoms with Gasteiger partial charge in [-0.25, -0.2) is 0 Å². The van der Waals surface area contributed by atoms with Gasteiger partial charge in [0.2, 0.25) is 0 Å². The van der Waals surface area contributed by atoms with Gasteiger partial charge in [0, 0.05) is 23.4 Å². The molecule has 0 bridgehead atoms. The molecule has 1 nitrogen and oxygen atoms in total. The smallest absolute Gasteiger partial charge is 0.290 e. The lowest BCUT2D eigenvalue weighted by Gasteiger charge is -2.23. The van der Waals surface area contributed by atoms with Gasteiger partial charge in [0.15, 0.2) is 0 Å². The molecule has 0 saturated carbocycles. The van der Waals surface area contributed by atoms with Crippen LogP contribution in [0.4, 0.5) is 13.2 Å². The van der Waals surface area contributed by atoms with Crippen molar-refractivity contribution < 1.29 is 13.2 Å². The lowest BCUT2D eigenvalue weighted by atomic mass is 10.2. The van der Waals surface area contributed by atoms with E-state index in [1.54, 1.807) is 24.3 Å². The highest BCUT2D eigenvalue weighted by molar-refractivity contribution is 9.09. The molecular weight excluding hydrogens is 318 g/mol. The summed E-state index contributed by atoms with van der Waals surface area (Å²) < 4.78 is 37.0. The molecule has 0 aliphatic carbocycles. The van der Waals surface area contributed by atoms with E-state index >= 15 is 0 Å². The first-order chi connectivity index (χ1) is 7.92. The van der Waals surface area contributed by atoms with Crippen molar-refractivity contribution in [2.75, 3.05) is 18.4 Å². The normalized spacial score (nSPS) is 12.1. The van der Waals surface area contributed by atoms with Gasteiger partial charge in [0.25, 0.3) is 0 Å². The largest absolute Gasteiger partial charge is 0.401 e. The molecule has 1 aromatic rings. The van der Waals surface area contributed by atoms with Crippen LogP contribution in [-0.2, 0) is 6.54 Å². The van der Waals surface area contributed by atoms with Crippen molar-refractivity contribution in [3.63, 3.8) is 0 Å². The molecule has 0 aliphatic rings. The average Bonchev–Trinajstić information content (AvgIpc) is 2.19. The Morgan fingerprint density at radius 2 is 1.88 bits per heavy atom. The molecule has 0 aliphatic heterocycles. The van der Waals surface area contributed by atoms with Crippen LogP contribution in [-0.4, -0.2) is 29.5 Å². The zero-order valence-electron chi connectivity index (χ0n) is 8.97. The molecule has 0 radical (unpaired) electrons. The second kappa shape index (κ2) is 6.61. The molecule has 1 aromatic carbocycles. The molecule has 1 rings (SSSR count). The van der Waals surface area contributed by atoms with Gasteiger partial charge >= 0.3 is 6.18 Å². The fourth-order valence-electron chi connectivity index (χ4n) is 1.45. The summed E-state index contributed by atoms with van der Waals surface area (Å²) in [5, 5.41) is 0.988. The maximum Gasteiger partial charge on any atom is 0.401 e. The van der Waals surface area contributed by atoms with E-state index in [0.717, 1.165) is 0 Å². The number of hydrogen-bond acceptors (Lipinski definition) is 1. The molecule has 0 spiro atoms. The Labute approximate surface area is 112 Å². The summed E-state index contributed by atoms with van der Waals surface area (Å²) in [6.07, 6.45) is -4.19. The second-order valence-corrected chi connectivity index (χ2v) is 4.81. The van der Waals surface area contributed by atoms with E-state index in [2.05, 4.69) is 15.9 Å². The van der Waals surface area contributed by atoms with E-state index in [1.807, 2.05) is 0 Å². The summed E-state index contributed by atoms with van der Waals surface area (Å²) in [4.78, 5) is 1.32. The number of benzene rings is 1. The molecule has 0 heterocycles. The van der Waals surface area contributed by atoms with Crippen LogP contribution in [0.2, 0.25) is 5.02 Å². The lowest BCUT2D eigenvalue weighted by Crippen LogP contribution is -2.35. The molecule has 0 unspecified atom stereocenters. The van der Waals surface area contributed by atoms with Crippen LogP contribution >= 0.6 is 27.5 Å². The fourth-order valence-corrected chi connectivity index (χ4v) is 2.15. The van der Waals surface area contributed by atoms with Gasteiger partial charge in [-0.3, -0.25) is 4.90 Å². The first-order valence-electron chi connectivity index (χ1n) is 5.01. The van der Waals surface area contributed by atoms with Crippen molar-refractivity contribution in [2.45, 2.75) is 12.7 Å². The van der Waals surface area contributed by atoms with Gasteiger partial charge in [-0.1, -0.05) is 45.7 Å². The van der Waals surface area contributed by atoms with Crippen molar-refractivity contribution in [3.05, 3.63) is 34.9 Å². The van der Waals surface area contributed by atoms with Crippen molar-refractivity contribution in [2.24, 2.45) is 0 Å². The van der Waals surface area contributed by atoms with Gasteiger partial charge < -0.3 is 0 Å².